The van der Waals surface area contributed by atoms with E-state index in [1.165, 1.54) is 0 Å². The summed E-state index contributed by atoms with van der Waals surface area (Å²) in [6.45, 7) is 1.26. The highest BCUT2D eigenvalue weighted by molar-refractivity contribution is 9.10. The number of carbonyl (C=O) groups excluding carboxylic acids is 1. The molecule has 170 valence electrons. The van der Waals surface area contributed by atoms with Crippen LogP contribution in [0.15, 0.2) is 65.3 Å². The summed E-state index contributed by atoms with van der Waals surface area (Å²) in [6, 6.07) is 16.7. The predicted molar refractivity (Wildman–Crippen MR) is 134 cm³/mol. The normalized spacial score (nSPS) is 10.9. The Hall–Kier alpha value is -3.10. The van der Waals surface area contributed by atoms with Gasteiger partial charge in [-0.2, -0.15) is 9.61 Å². The van der Waals surface area contributed by atoms with Gasteiger partial charge in [0.15, 0.2) is 5.65 Å². The minimum atomic E-state index is -0.0269. The fourth-order valence-electron chi connectivity index (χ4n) is 3.46. The topological polar surface area (TPSA) is 71.8 Å². The summed E-state index contributed by atoms with van der Waals surface area (Å²) in [4.78, 5) is 19.1. The Bertz CT molecular complexity index is 1280. The third-order valence-corrected chi connectivity index (χ3v) is 6.13. The molecule has 9 heteroatoms. The zero-order valence-corrected chi connectivity index (χ0v) is 20.6. The summed E-state index contributed by atoms with van der Waals surface area (Å²) < 4.78 is 7.69. The van der Waals surface area contributed by atoms with Gasteiger partial charge in [-0.1, -0.05) is 29.8 Å². The van der Waals surface area contributed by atoms with Crippen LogP contribution in [0.25, 0.3) is 16.9 Å². The molecule has 0 spiro atoms. The lowest BCUT2D eigenvalue weighted by Crippen LogP contribution is -2.28. The number of nitrogens with one attached hydrogen (secondary N) is 1. The maximum Gasteiger partial charge on any atom is 0.253 e. The molecule has 1 amide bonds. The minimum absolute atomic E-state index is 0.0269. The lowest BCUT2D eigenvalue weighted by atomic mass is 10.1. The molecule has 4 rings (SSSR count). The molecule has 0 fully saturated rings. The number of benzene rings is 2. The Morgan fingerprint density at radius 1 is 1.21 bits per heavy atom. The number of hydrogen-bond donors (Lipinski definition) is 1. The van der Waals surface area contributed by atoms with Gasteiger partial charge >= 0.3 is 0 Å². The molecule has 0 radical (unpaired) electrons. The van der Waals surface area contributed by atoms with Crippen LogP contribution in [0, 0.1) is 0 Å². The van der Waals surface area contributed by atoms with Crippen molar-refractivity contribution in [3.05, 3.63) is 75.9 Å². The van der Waals surface area contributed by atoms with Crippen molar-refractivity contribution in [1.29, 1.82) is 0 Å². The molecule has 0 saturated heterocycles. The number of amides is 1. The van der Waals surface area contributed by atoms with Gasteiger partial charge in [-0.15, -0.1) is 0 Å². The van der Waals surface area contributed by atoms with E-state index in [4.69, 9.17) is 21.3 Å². The maximum absolute atomic E-state index is 12.6. The van der Waals surface area contributed by atoms with E-state index < -0.39 is 0 Å². The van der Waals surface area contributed by atoms with Gasteiger partial charge in [0.1, 0.15) is 11.6 Å². The first-order valence-electron chi connectivity index (χ1n) is 10.4. The van der Waals surface area contributed by atoms with Crippen LogP contribution in [0.4, 0.5) is 5.82 Å². The highest BCUT2D eigenvalue weighted by Crippen LogP contribution is 2.30. The highest BCUT2D eigenvalue weighted by Gasteiger charge is 2.14. The number of aromatic nitrogens is 3. The molecule has 4 aromatic rings. The fraction of sp³-hybridized carbons (Fsp3) is 0.208. The first-order valence-corrected chi connectivity index (χ1v) is 11.6. The second-order valence-electron chi connectivity index (χ2n) is 7.47. The summed E-state index contributed by atoms with van der Waals surface area (Å²) in [5, 5.41) is 8.46. The minimum Gasteiger partial charge on any atom is -0.497 e. The van der Waals surface area contributed by atoms with Crippen LogP contribution in [0.5, 0.6) is 5.75 Å². The highest BCUT2D eigenvalue weighted by atomic mass is 79.9. The fourth-order valence-corrected chi connectivity index (χ4v) is 4.04. The van der Waals surface area contributed by atoms with E-state index >= 15 is 0 Å². The Balaban J connectivity index is 1.43. The largest absolute Gasteiger partial charge is 0.497 e. The van der Waals surface area contributed by atoms with Gasteiger partial charge in [-0.05, 0) is 52.7 Å². The SMILES string of the molecule is COc1ccc(C(=O)N(C)CCCNc2cc(-c3ccccc3Cl)nc3c(Br)cnn23)cc1. The van der Waals surface area contributed by atoms with Gasteiger partial charge in [0, 0.05) is 42.4 Å². The first kappa shape index (κ1) is 23.1. The van der Waals surface area contributed by atoms with Crippen LogP contribution < -0.4 is 10.1 Å². The third-order valence-electron chi connectivity index (χ3n) is 5.24. The maximum atomic E-state index is 12.6. The second-order valence-corrected chi connectivity index (χ2v) is 8.73. The van der Waals surface area contributed by atoms with Crippen LogP contribution in [0.3, 0.4) is 0 Å². The smallest absolute Gasteiger partial charge is 0.253 e. The van der Waals surface area contributed by atoms with Crippen LogP contribution in [0.1, 0.15) is 16.8 Å². The van der Waals surface area contributed by atoms with Gasteiger partial charge in [0.2, 0.25) is 0 Å². The van der Waals surface area contributed by atoms with E-state index in [2.05, 4.69) is 26.3 Å². The molecule has 1 N–H and O–H groups in total. The number of hydrogen-bond acceptors (Lipinski definition) is 5. The molecule has 0 aliphatic rings. The average Bonchev–Trinajstić information content (AvgIpc) is 3.22. The number of anilines is 1. The van der Waals surface area contributed by atoms with Crippen molar-refractivity contribution < 1.29 is 9.53 Å². The Kier molecular flexibility index (Phi) is 7.15. The first-order chi connectivity index (χ1) is 16.0. The number of fused-ring (bicyclic) bond motifs is 1. The number of halogens is 2. The van der Waals surface area contributed by atoms with Gasteiger partial charge in [-0.25, -0.2) is 4.98 Å². The van der Waals surface area contributed by atoms with Gasteiger partial charge in [-0.3, -0.25) is 4.79 Å². The standard InChI is InChI=1S/C24H23BrClN5O2/c1-30(24(32)16-8-10-17(33-2)11-9-16)13-5-12-27-22-14-21(18-6-3-4-7-20(18)26)29-23-19(25)15-28-31(22)23/h3-4,6-11,14-15,27H,5,12-13H2,1-2H3. The van der Waals surface area contributed by atoms with Crippen LogP contribution >= 0.6 is 27.5 Å². The lowest BCUT2D eigenvalue weighted by Gasteiger charge is -2.18. The molecular formula is C24H23BrClN5O2. The zero-order valence-electron chi connectivity index (χ0n) is 18.3. The monoisotopic (exact) mass is 527 g/mol. The molecule has 33 heavy (non-hydrogen) atoms. The lowest BCUT2D eigenvalue weighted by molar-refractivity contribution is 0.0794. The van der Waals surface area contributed by atoms with Crippen molar-refractivity contribution in [1.82, 2.24) is 19.5 Å². The van der Waals surface area contributed by atoms with Gasteiger partial charge in [0.25, 0.3) is 5.91 Å². The molecule has 2 aromatic carbocycles. The van der Waals surface area contributed by atoms with E-state index in [0.717, 1.165) is 33.7 Å². The molecule has 0 bridgehead atoms. The number of nitrogens with zero attached hydrogens (tertiary/aromatic N) is 4. The number of ether oxygens (including phenoxy) is 1. The Morgan fingerprint density at radius 2 is 1.97 bits per heavy atom. The van der Waals surface area contributed by atoms with Crippen LogP contribution in [0.2, 0.25) is 5.02 Å². The molecule has 0 saturated carbocycles. The van der Waals surface area contributed by atoms with Gasteiger partial charge in [0.05, 0.1) is 23.5 Å². The van der Waals surface area contributed by atoms with E-state index in [9.17, 15) is 4.79 Å². The Morgan fingerprint density at radius 3 is 2.70 bits per heavy atom. The third kappa shape index (κ3) is 5.12. The molecular weight excluding hydrogens is 506 g/mol. The molecule has 0 aliphatic carbocycles. The van der Waals surface area contributed by atoms with E-state index in [1.807, 2.05) is 30.3 Å². The predicted octanol–water partition coefficient (Wildman–Crippen LogP) is 5.40. The summed E-state index contributed by atoms with van der Waals surface area (Å²) >= 11 is 9.91. The zero-order chi connectivity index (χ0) is 23.4. The molecule has 0 aliphatic heterocycles. The van der Waals surface area contributed by atoms with Crippen LogP contribution in [-0.2, 0) is 0 Å². The Labute approximate surface area is 205 Å². The van der Waals surface area contributed by atoms with Crippen LogP contribution in [-0.4, -0.2) is 52.7 Å². The quantitative estimate of drug-likeness (QED) is 0.310. The second kappa shape index (κ2) is 10.2. The van der Waals surface area contributed by atoms with E-state index in [-0.39, 0.29) is 5.91 Å². The van der Waals surface area contributed by atoms with Crippen molar-refractivity contribution in [2.75, 3.05) is 32.6 Å². The number of rotatable bonds is 8. The van der Waals surface area contributed by atoms with E-state index in [1.54, 1.807) is 54.0 Å². The summed E-state index contributed by atoms with van der Waals surface area (Å²) in [7, 11) is 3.41. The molecule has 0 atom stereocenters. The summed E-state index contributed by atoms with van der Waals surface area (Å²) in [5.41, 5.74) is 2.93. The van der Waals surface area contributed by atoms with Crippen molar-refractivity contribution >= 4 is 44.9 Å². The van der Waals surface area contributed by atoms with Crippen molar-refractivity contribution in [2.45, 2.75) is 6.42 Å². The van der Waals surface area contributed by atoms with Crippen molar-refractivity contribution in [2.24, 2.45) is 0 Å². The molecule has 7 nitrogen and oxygen atoms in total. The van der Waals surface area contributed by atoms with Crippen molar-refractivity contribution in [3.63, 3.8) is 0 Å². The average molecular weight is 529 g/mol. The molecule has 2 aromatic heterocycles. The molecule has 0 unspecified atom stereocenters. The molecule has 2 heterocycles. The number of methoxy groups -OCH3 is 1. The van der Waals surface area contributed by atoms with Gasteiger partial charge < -0.3 is 15.0 Å². The van der Waals surface area contributed by atoms with Crippen molar-refractivity contribution in [3.8, 4) is 17.0 Å². The summed E-state index contributed by atoms with van der Waals surface area (Å²) in [6.07, 6.45) is 2.47. The number of carbonyl (C=O) groups is 1. The summed E-state index contributed by atoms with van der Waals surface area (Å²) in [5.74, 6) is 1.49. The van der Waals surface area contributed by atoms with E-state index in [0.29, 0.717) is 29.3 Å².